The van der Waals surface area contributed by atoms with Gasteiger partial charge in [-0.25, -0.2) is 5.84 Å². The summed E-state index contributed by atoms with van der Waals surface area (Å²) in [7, 11) is 1.90. The van der Waals surface area contributed by atoms with Crippen LogP contribution in [0.2, 0.25) is 0 Å². The SMILES string of the molecule is CCC(C(=O)NN)N(C)Cc1ccoc1C. The lowest BCUT2D eigenvalue weighted by atomic mass is 10.1. The van der Waals surface area contributed by atoms with Crippen LogP contribution in [0.4, 0.5) is 0 Å². The van der Waals surface area contributed by atoms with Gasteiger partial charge in [0.2, 0.25) is 0 Å². The number of carbonyl (C=O) groups is 1. The quantitative estimate of drug-likeness (QED) is 0.441. The first-order valence-electron chi connectivity index (χ1n) is 5.33. The van der Waals surface area contributed by atoms with Crippen molar-refractivity contribution in [2.45, 2.75) is 32.9 Å². The van der Waals surface area contributed by atoms with Crippen LogP contribution in [0.25, 0.3) is 0 Å². The summed E-state index contributed by atoms with van der Waals surface area (Å²) in [6.07, 6.45) is 2.37. The molecule has 0 aliphatic heterocycles. The smallest absolute Gasteiger partial charge is 0.251 e. The maximum Gasteiger partial charge on any atom is 0.251 e. The minimum atomic E-state index is -0.209. The number of aryl methyl sites for hydroxylation is 1. The van der Waals surface area contributed by atoms with Gasteiger partial charge in [0.1, 0.15) is 5.76 Å². The Morgan fingerprint density at radius 3 is 2.81 bits per heavy atom. The van der Waals surface area contributed by atoms with E-state index in [1.165, 1.54) is 0 Å². The summed E-state index contributed by atoms with van der Waals surface area (Å²) >= 11 is 0. The van der Waals surface area contributed by atoms with Gasteiger partial charge in [-0.15, -0.1) is 0 Å². The first-order valence-corrected chi connectivity index (χ1v) is 5.33. The molecule has 90 valence electrons. The molecule has 0 aliphatic rings. The molecule has 3 N–H and O–H groups in total. The third kappa shape index (κ3) is 2.84. The van der Waals surface area contributed by atoms with Gasteiger partial charge >= 0.3 is 0 Å². The number of carbonyl (C=O) groups excluding carboxylic acids is 1. The fourth-order valence-electron chi connectivity index (χ4n) is 1.75. The van der Waals surface area contributed by atoms with Crippen molar-refractivity contribution in [3.8, 4) is 0 Å². The fourth-order valence-corrected chi connectivity index (χ4v) is 1.75. The summed E-state index contributed by atoms with van der Waals surface area (Å²) in [5.74, 6) is 5.87. The molecule has 1 aromatic heterocycles. The van der Waals surface area contributed by atoms with E-state index in [2.05, 4.69) is 5.43 Å². The first-order chi connectivity index (χ1) is 7.60. The van der Waals surface area contributed by atoms with E-state index in [0.29, 0.717) is 6.54 Å². The molecule has 5 heteroatoms. The number of furan rings is 1. The molecule has 0 aliphatic carbocycles. The van der Waals surface area contributed by atoms with Gasteiger partial charge in [-0.05, 0) is 26.5 Å². The minimum absolute atomic E-state index is 0.161. The standard InChI is InChI=1S/C11H19N3O2/c1-4-10(11(15)13-12)14(3)7-9-5-6-16-8(9)2/h5-6,10H,4,7,12H2,1-3H3,(H,13,15). The van der Waals surface area contributed by atoms with Crippen LogP contribution in [-0.2, 0) is 11.3 Å². The minimum Gasteiger partial charge on any atom is -0.469 e. The van der Waals surface area contributed by atoms with Crippen molar-refractivity contribution in [1.29, 1.82) is 0 Å². The monoisotopic (exact) mass is 225 g/mol. The molecule has 0 aromatic carbocycles. The Morgan fingerprint density at radius 1 is 1.69 bits per heavy atom. The number of hydrogen-bond acceptors (Lipinski definition) is 4. The average Bonchev–Trinajstić information content (AvgIpc) is 2.65. The molecule has 0 fully saturated rings. The van der Waals surface area contributed by atoms with Crippen LogP contribution in [0.15, 0.2) is 16.7 Å². The number of nitrogens with two attached hydrogens (primary N) is 1. The molecular formula is C11H19N3O2. The van der Waals surface area contributed by atoms with Crippen molar-refractivity contribution in [1.82, 2.24) is 10.3 Å². The van der Waals surface area contributed by atoms with E-state index in [0.717, 1.165) is 17.7 Å². The molecule has 1 atom stereocenters. The van der Waals surface area contributed by atoms with E-state index in [1.54, 1.807) is 6.26 Å². The number of hydrazine groups is 1. The van der Waals surface area contributed by atoms with Crippen LogP contribution >= 0.6 is 0 Å². The van der Waals surface area contributed by atoms with E-state index in [9.17, 15) is 4.79 Å². The van der Waals surface area contributed by atoms with Gasteiger partial charge in [-0.1, -0.05) is 6.92 Å². The van der Waals surface area contributed by atoms with Gasteiger partial charge in [-0.2, -0.15) is 0 Å². The normalized spacial score (nSPS) is 12.8. The lowest BCUT2D eigenvalue weighted by Gasteiger charge is -2.25. The van der Waals surface area contributed by atoms with Gasteiger partial charge in [0, 0.05) is 12.1 Å². The largest absolute Gasteiger partial charge is 0.469 e. The van der Waals surface area contributed by atoms with Crippen molar-refractivity contribution in [2.24, 2.45) is 5.84 Å². The highest BCUT2D eigenvalue weighted by Gasteiger charge is 2.21. The maximum absolute atomic E-state index is 11.5. The van der Waals surface area contributed by atoms with E-state index >= 15 is 0 Å². The Balaban J connectivity index is 2.66. The first kappa shape index (κ1) is 12.7. The third-order valence-electron chi connectivity index (χ3n) is 2.75. The van der Waals surface area contributed by atoms with Crippen molar-refractivity contribution < 1.29 is 9.21 Å². The Labute approximate surface area is 95.6 Å². The van der Waals surface area contributed by atoms with Crippen LogP contribution in [-0.4, -0.2) is 23.9 Å². The number of rotatable bonds is 5. The summed E-state index contributed by atoms with van der Waals surface area (Å²) < 4.78 is 5.21. The highest BCUT2D eigenvalue weighted by atomic mass is 16.3. The van der Waals surface area contributed by atoms with Gasteiger partial charge in [0.05, 0.1) is 12.3 Å². The molecular weight excluding hydrogens is 206 g/mol. The lowest BCUT2D eigenvalue weighted by molar-refractivity contribution is -0.126. The highest BCUT2D eigenvalue weighted by molar-refractivity contribution is 5.80. The van der Waals surface area contributed by atoms with Crippen LogP contribution in [0, 0.1) is 6.92 Å². The van der Waals surface area contributed by atoms with E-state index in [4.69, 9.17) is 10.3 Å². The summed E-state index contributed by atoms with van der Waals surface area (Å²) in [4.78, 5) is 13.5. The van der Waals surface area contributed by atoms with Gasteiger partial charge in [0.25, 0.3) is 5.91 Å². The Hall–Kier alpha value is -1.33. The van der Waals surface area contributed by atoms with Crippen molar-refractivity contribution in [2.75, 3.05) is 7.05 Å². The number of amides is 1. The molecule has 1 rings (SSSR count). The zero-order valence-electron chi connectivity index (χ0n) is 9.99. The van der Waals surface area contributed by atoms with E-state index < -0.39 is 0 Å². The molecule has 0 spiro atoms. The highest BCUT2D eigenvalue weighted by Crippen LogP contribution is 2.13. The second-order valence-corrected chi connectivity index (χ2v) is 3.85. The zero-order chi connectivity index (χ0) is 12.1. The van der Waals surface area contributed by atoms with Crippen LogP contribution in [0.3, 0.4) is 0 Å². The number of hydrogen-bond donors (Lipinski definition) is 2. The van der Waals surface area contributed by atoms with Crippen molar-refractivity contribution in [3.63, 3.8) is 0 Å². The summed E-state index contributed by atoms with van der Waals surface area (Å²) in [5, 5.41) is 0. The fraction of sp³-hybridized carbons (Fsp3) is 0.545. The molecule has 0 saturated carbocycles. The molecule has 0 saturated heterocycles. The second kappa shape index (κ2) is 5.67. The summed E-state index contributed by atoms with van der Waals surface area (Å²) in [5.41, 5.74) is 3.28. The molecule has 1 unspecified atom stereocenters. The van der Waals surface area contributed by atoms with Gasteiger partial charge in [0.15, 0.2) is 0 Å². The van der Waals surface area contributed by atoms with Gasteiger partial charge < -0.3 is 4.42 Å². The maximum atomic E-state index is 11.5. The van der Waals surface area contributed by atoms with Crippen molar-refractivity contribution in [3.05, 3.63) is 23.7 Å². The number of nitrogens with one attached hydrogen (secondary N) is 1. The van der Waals surface area contributed by atoms with E-state index in [1.807, 2.05) is 31.9 Å². The molecule has 16 heavy (non-hydrogen) atoms. The molecule has 5 nitrogen and oxygen atoms in total. The van der Waals surface area contributed by atoms with Crippen molar-refractivity contribution >= 4 is 5.91 Å². The molecule has 1 amide bonds. The predicted molar refractivity (Wildman–Crippen MR) is 61.3 cm³/mol. The summed E-state index contributed by atoms with van der Waals surface area (Å²) in [6, 6.07) is 1.71. The Kier molecular flexibility index (Phi) is 4.52. The Bertz CT molecular complexity index is 349. The Morgan fingerprint density at radius 2 is 2.38 bits per heavy atom. The average molecular weight is 225 g/mol. The zero-order valence-corrected chi connectivity index (χ0v) is 9.99. The third-order valence-corrected chi connectivity index (χ3v) is 2.75. The predicted octanol–water partition coefficient (Wildman–Crippen LogP) is 0.788. The summed E-state index contributed by atoms with van der Waals surface area (Å²) in [6.45, 7) is 4.54. The van der Waals surface area contributed by atoms with Crippen LogP contribution in [0.5, 0.6) is 0 Å². The molecule has 0 bridgehead atoms. The van der Waals surface area contributed by atoms with Gasteiger partial charge in [-0.3, -0.25) is 15.1 Å². The van der Waals surface area contributed by atoms with E-state index in [-0.39, 0.29) is 11.9 Å². The lowest BCUT2D eigenvalue weighted by Crippen LogP contribution is -2.47. The molecule has 0 radical (unpaired) electrons. The number of nitrogens with zero attached hydrogens (tertiary/aromatic N) is 1. The second-order valence-electron chi connectivity index (χ2n) is 3.85. The van der Waals surface area contributed by atoms with Crippen LogP contribution in [0.1, 0.15) is 24.7 Å². The molecule has 1 aromatic rings. The number of likely N-dealkylation sites (N-methyl/N-ethyl adjacent to an activating group) is 1. The topological polar surface area (TPSA) is 71.5 Å². The van der Waals surface area contributed by atoms with Crippen LogP contribution < -0.4 is 11.3 Å². The molecule has 1 heterocycles.